The fourth-order valence-electron chi connectivity index (χ4n) is 4.95. The van der Waals surface area contributed by atoms with E-state index in [0.29, 0.717) is 26.1 Å². The van der Waals surface area contributed by atoms with Crippen molar-refractivity contribution >= 4 is 34.1 Å². The number of pyridine rings is 1. The molecule has 0 spiro atoms. The molecular formula is C23H30N6O3. The number of amides is 2. The number of nitrogens with zero attached hydrogens (tertiary/aromatic N) is 5. The molecule has 0 unspecified atom stereocenters. The number of piperidine rings is 1. The Bertz CT molecular complexity index is 1150. The normalized spacial score (nSPS) is 20.4. The Morgan fingerprint density at radius 2 is 1.91 bits per heavy atom. The number of carbonyl (C=O) groups excluding carboxylic acids is 2. The lowest BCUT2D eigenvalue weighted by Gasteiger charge is -2.36. The van der Waals surface area contributed by atoms with E-state index in [1.165, 1.54) is 0 Å². The van der Waals surface area contributed by atoms with Gasteiger partial charge < -0.3 is 19.2 Å². The van der Waals surface area contributed by atoms with Gasteiger partial charge in [0.05, 0.1) is 18.0 Å². The van der Waals surface area contributed by atoms with Crippen molar-refractivity contribution in [2.24, 2.45) is 0 Å². The molecule has 0 radical (unpaired) electrons. The number of fused-ring (bicyclic) bond motifs is 3. The number of nitrogens with one attached hydrogen (secondary N) is 1. The Labute approximate surface area is 186 Å². The predicted octanol–water partition coefficient (Wildman–Crippen LogP) is 3.48. The molecular weight excluding hydrogens is 408 g/mol. The molecule has 1 atom stereocenters. The molecule has 170 valence electrons. The third-order valence-corrected chi connectivity index (χ3v) is 6.45. The van der Waals surface area contributed by atoms with Gasteiger partial charge in [0.1, 0.15) is 22.8 Å². The molecule has 9 heteroatoms. The van der Waals surface area contributed by atoms with Crippen LogP contribution >= 0.6 is 0 Å². The van der Waals surface area contributed by atoms with Crippen molar-refractivity contribution in [2.45, 2.75) is 64.1 Å². The second kappa shape index (κ2) is 7.79. The van der Waals surface area contributed by atoms with Crippen molar-refractivity contribution in [1.82, 2.24) is 29.3 Å². The minimum Gasteiger partial charge on any atom is -0.444 e. The lowest BCUT2D eigenvalue weighted by atomic mass is 10.0. The fourth-order valence-corrected chi connectivity index (χ4v) is 4.95. The van der Waals surface area contributed by atoms with E-state index < -0.39 is 17.7 Å². The van der Waals surface area contributed by atoms with Crippen LogP contribution in [0.15, 0.2) is 24.8 Å². The Hall–Kier alpha value is -3.10. The number of ether oxygens (including phenoxy) is 1. The van der Waals surface area contributed by atoms with E-state index >= 15 is 0 Å². The maximum absolute atomic E-state index is 13.3. The molecule has 2 aliphatic heterocycles. The standard InChI is InChI=1S/C23H30N6O3/c1-23(2,3)32-22(31)28-10-4-5-18(28)21(30)27-11-7-15(8-12-27)29-14-26-17-13-25-20-16(19(17)29)6-9-24-20/h6,9,13-15,18H,4-5,7-8,10-12H2,1-3H3,(H,24,25)/t18-/m0/s1. The summed E-state index contributed by atoms with van der Waals surface area (Å²) in [5, 5.41) is 1.07. The van der Waals surface area contributed by atoms with Gasteiger partial charge in [-0.2, -0.15) is 0 Å². The summed E-state index contributed by atoms with van der Waals surface area (Å²) in [5.74, 6) is 0.0412. The van der Waals surface area contributed by atoms with Crippen LogP contribution in [0.1, 0.15) is 52.5 Å². The molecule has 5 rings (SSSR count). The van der Waals surface area contributed by atoms with Gasteiger partial charge in [-0.15, -0.1) is 0 Å². The molecule has 2 aliphatic rings. The maximum atomic E-state index is 13.3. The number of aromatic nitrogens is 4. The molecule has 32 heavy (non-hydrogen) atoms. The summed E-state index contributed by atoms with van der Waals surface area (Å²) in [5.41, 5.74) is 2.26. The highest BCUT2D eigenvalue weighted by Crippen LogP contribution is 2.31. The van der Waals surface area contributed by atoms with Crippen LogP contribution in [0, 0.1) is 0 Å². The number of hydrogen-bond donors (Lipinski definition) is 1. The van der Waals surface area contributed by atoms with Crippen molar-refractivity contribution in [3.8, 4) is 0 Å². The average Bonchev–Trinajstić information content (AvgIpc) is 3.50. The number of imidazole rings is 1. The lowest BCUT2D eigenvalue weighted by Crippen LogP contribution is -2.51. The number of aromatic amines is 1. The molecule has 2 amide bonds. The molecule has 2 saturated heterocycles. The molecule has 3 aromatic heterocycles. The molecule has 2 fully saturated rings. The van der Waals surface area contributed by atoms with Gasteiger partial charge in [0.2, 0.25) is 5.91 Å². The van der Waals surface area contributed by atoms with E-state index in [1.54, 1.807) is 11.1 Å². The van der Waals surface area contributed by atoms with Crippen LogP contribution in [-0.2, 0) is 9.53 Å². The summed E-state index contributed by atoms with van der Waals surface area (Å²) >= 11 is 0. The Morgan fingerprint density at radius 1 is 1.12 bits per heavy atom. The Balaban J connectivity index is 1.28. The zero-order chi connectivity index (χ0) is 22.5. The highest BCUT2D eigenvalue weighted by Gasteiger charge is 2.39. The van der Waals surface area contributed by atoms with E-state index in [4.69, 9.17) is 4.74 Å². The number of hydrogen-bond acceptors (Lipinski definition) is 5. The summed E-state index contributed by atoms with van der Waals surface area (Å²) in [6, 6.07) is 1.89. The molecule has 3 aromatic rings. The first-order chi connectivity index (χ1) is 15.3. The van der Waals surface area contributed by atoms with Gasteiger partial charge in [-0.3, -0.25) is 9.69 Å². The van der Waals surface area contributed by atoms with Gasteiger partial charge in [0.25, 0.3) is 0 Å². The first-order valence-electron chi connectivity index (χ1n) is 11.4. The topological polar surface area (TPSA) is 96.3 Å². The average molecular weight is 439 g/mol. The number of carbonyl (C=O) groups is 2. The second-order valence-electron chi connectivity index (χ2n) is 9.77. The van der Waals surface area contributed by atoms with Crippen molar-refractivity contribution in [2.75, 3.05) is 19.6 Å². The van der Waals surface area contributed by atoms with Crippen molar-refractivity contribution in [1.29, 1.82) is 0 Å². The summed E-state index contributed by atoms with van der Waals surface area (Å²) in [7, 11) is 0. The molecule has 0 saturated carbocycles. The van der Waals surface area contributed by atoms with Crippen molar-refractivity contribution < 1.29 is 14.3 Å². The lowest BCUT2D eigenvalue weighted by molar-refractivity contribution is -0.137. The summed E-state index contributed by atoms with van der Waals surface area (Å²) < 4.78 is 7.76. The molecule has 9 nitrogen and oxygen atoms in total. The summed E-state index contributed by atoms with van der Waals surface area (Å²) in [6.07, 6.45) is 8.42. The Kier molecular flexibility index (Phi) is 5.06. The van der Waals surface area contributed by atoms with Crippen LogP contribution in [0.2, 0.25) is 0 Å². The monoisotopic (exact) mass is 438 g/mol. The van der Waals surface area contributed by atoms with E-state index in [0.717, 1.165) is 41.3 Å². The van der Waals surface area contributed by atoms with Crippen LogP contribution < -0.4 is 0 Å². The predicted molar refractivity (Wildman–Crippen MR) is 120 cm³/mol. The fraction of sp³-hybridized carbons (Fsp3) is 0.565. The van der Waals surface area contributed by atoms with Crippen molar-refractivity contribution in [3.63, 3.8) is 0 Å². The summed E-state index contributed by atoms with van der Waals surface area (Å²) in [4.78, 5) is 41.5. The maximum Gasteiger partial charge on any atom is 0.410 e. The smallest absolute Gasteiger partial charge is 0.410 e. The van der Waals surface area contributed by atoms with Gasteiger partial charge in [-0.05, 0) is 52.5 Å². The minimum absolute atomic E-state index is 0.0412. The van der Waals surface area contributed by atoms with Crippen molar-refractivity contribution in [3.05, 3.63) is 24.8 Å². The van der Waals surface area contributed by atoms with E-state index in [-0.39, 0.29) is 11.9 Å². The quantitative estimate of drug-likeness (QED) is 0.661. The molecule has 0 bridgehead atoms. The number of H-pyrrole nitrogens is 1. The molecule has 1 N–H and O–H groups in total. The van der Waals surface area contributed by atoms with Gasteiger partial charge in [0, 0.05) is 37.3 Å². The van der Waals surface area contributed by atoms with Crippen LogP contribution in [0.5, 0.6) is 0 Å². The second-order valence-corrected chi connectivity index (χ2v) is 9.77. The summed E-state index contributed by atoms with van der Waals surface area (Å²) in [6.45, 7) is 7.45. The van der Waals surface area contributed by atoms with Crippen LogP contribution in [0.4, 0.5) is 4.79 Å². The molecule has 0 aliphatic carbocycles. The van der Waals surface area contributed by atoms with Crippen LogP contribution in [0.25, 0.3) is 22.1 Å². The number of likely N-dealkylation sites (tertiary alicyclic amines) is 2. The molecule has 5 heterocycles. The first-order valence-corrected chi connectivity index (χ1v) is 11.4. The third kappa shape index (κ3) is 3.69. The van der Waals surface area contributed by atoms with Gasteiger partial charge in [-0.25, -0.2) is 14.8 Å². The SMILES string of the molecule is CC(C)(C)OC(=O)N1CCC[C@H]1C(=O)N1CCC(n2cnc3cnc4[nH]ccc4c32)CC1. The number of rotatable bonds is 2. The van der Waals surface area contributed by atoms with Gasteiger partial charge >= 0.3 is 6.09 Å². The largest absolute Gasteiger partial charge is 0.444 e. The molecule has 0 aromatic carbocycles. The highest BCUT2D eigenvalue weighted by molar-refractivity contribution is 6.01. The van der Waals surface area contributed by atoms with Gasteiger partial charge in [0.15, 0.2) is 0 Å². The van der Waals surface area contributed by atoms with E-state index in [9.17, 15) is 9.59 Å². The van der Waals surface area contributed by atoms with E-state index in [2.05, 4.69) is 19.5 Å². The third-order valence-electron chi connectivity index (χ3n) is 6.45. The van der Waals surface area contributed by atoms with Crippen LogP contribution in [-0.4, -0.2) is 72.6 Å². The van der Waals surface area contributed by atoms with Crippen LogP contribution in [0.3, 0.4) is 0 Å². The zero-order valence-corrected chi connectivity index (χ0v) is 18.9. The van der Waals surface area contributed by atoms with E-state index in [1.807, 2.05) is 44.3 Å². The Morgan fingerprint density at radius 3 is 2.66 bits per heavy atom. The highest BCUT2D eigenvalue weighted by atomic mass is 16.6. The van der Waals surface area contributed by atoms with Gasteiger partial charge in [-0.1, -0.05) is 0 Å². The first kappa shape index (κ1) is 20.8. The zero-order valence-electron chi connectivity index (χ0n) is 18.9. The minimum atomic E-state index is -0.570.